The number of aromatic amines is 2. The molecule has 2 aliphatic heterocycles. The van der Waals surface area contributed by atoms with Crippen LogP contribution in [0.1, 0.15) is 46.4 Å². The summed E-state index contributed by atoms with van der Waals surface area (Å²) in [7, 11) is 0. The predicted molar refractivity (Wildman–Crippen MR) is 232 cm³/mol. The SMILES string of the molecule is Nc1nc2c(c(=O)[nH]1)NC(CNc1ccc(C(=O)NC(CCC(=O)[O-])C(=O)O)cc1)CN2.Nc1nc2c(c(=O)[nH]1)NC(CNc1ccc(C(=O)NC(CCC(=O)[O-])C(=O)O)cc1)CN2.[Ca+2]. The Labute approximate surface area is 397 Å². The summed E-state index contributed by atoms with van der Waals surface area (Å²) in [5.41, 5.74) is 12.7. The van der Waals surface area contributed by atoms with Gasteiger partial charge in [-0.3, -0.25) is 29.1 Å². The van der Waals surface area contributed by atoms with E-state index >= 15 is 0 Å². The zero-order valence-corrected chi connectivity index (χ0v) is 36.5. The second-order valence-electron chi connectivity index (χ2n) is 14.3. The summed E-state index contributed by atoms with van der Waals surface area (Å²) in [6.45, 7) is 1.90. The molecule has 0 saturated carbocycles. The van der Waals surface area contributed by atoms with Gasteiger partial charge in [-0.05, 0) is 74.2 Å². The number of nitrogens with two attached hydrogens (primary N) is 2. The van der Waals surface area contributed by atoms with Crippen molar-refractivity contribution in [2.24, 2.45) is 0 Å². The van der Waals surface area contributed by atoms with Gasteiger partial charge < -0.3 is 84.0 Å². The number of aliphatic carboxylic acids is 4. The van der Waals surface area contributed by atoms with Crippen LogP contribution in [0.3, 0.4) is 0 Å². The number of hydrogen-bond donors (Lipinski definition) is 14. The second kappa shape index (κ2) is 23.4. The van der Waals surface area contributed by atoms with Crippen LogP contribution in [0.25, 0.3) is 0 Å². The van der Waals surface area contributed by atoms with Crippen molar-refractivity contribution in [3.05, 3.63) is 80.4 Å². The minimum atomic E-state index is -1.39. The van der Waals surface area contributed by atoms with Gasteiger partial charge in [0, 0.05) is 60.6 Å². The first-order valence-electron chi connectivity index (χ1n) is 19.4. The molecule has 2 amide bonds. The number of carboxylic acids is 4. The molecule has 4 heterocycles. The Hall–Kier alpha value is -7.32. The number of nitrogens with zero attached hydrogens (tertiary/aromatic N) is 2. The van der Waals surface area contributed by atoms with Gasteiger partial charge in [-0.1, -0.05) is 0 Å². The first-order chi connectivity index (χ1) is 30.4. The molecule has 0 fully saturated rings. The van der Waals surface area contributed by atoms with E-state index < -0.39 is 60.6 Å². The molecule has 26 nitrogen and oxygen atoms in total. The van der Waals surface area contributed by atoms with Crippen LogP contribution < -0.4 is 75.3 Å². The maximum atomic E-state index is 12.3. The second-order valence-corrected chi connectivity index (χ2v) is 14.3. The molecule has 2 aromatic heterocycles. The minimum absolute atomic E-state index is 0. The van der Waals surface area contributed by atoms with E-state index in [0.29, 0.717) is 60.6 Å². The van der Waals surface area contributed by atoms with Crippen LogP contribution in [0.5, 0.6) is 0 Å². The topological polar surface area (TPSA) is 429 Å². The number of hydrogen-bond acceptors (Lipinski definition) is 20. The Morgan fingerprint density at radius 2 is 1.00 bits per heavy atom. The van der Waals surface area contributed by atoms with Gasteiger partial charge in [-0.25, -0.2) is 9.59 Å². The standard InChI is InChI=1S/2C19H23N7O6.Ca/c2*20-19-25-15-14(17(30)26-19)23-11(8-22-15)7-21-10-3-1-9(2-4-10)16(29)24-12(18(31)32)5-6-13(27)28;/h2*1-4,11-12,21,23H,5-8H2,(H,24,29)(H,27,28)(H,31,32)(H4,20,22,25,26,30);/q;;+2/p-2. The molecular formula is C38H44CaN14O12. The van der Waals surface area contributed by atoms with Gasteiger partial charge in [0.15, 0.2) is 11.6 Å². The number of amides is 2. The summed E-state index contributed by atoms with van der Waals surface area (Å²) in [5.74, 6) is -5.89. The van der Waals surface area contributed by atoms with Crippen LogP contribution >= 0.6 is 0 Å². The van der Waals surface area contributed by atoms with Crippen molar-refractivity contribution in [1.29, 1.82) is 0 Å². The number of rotatable bonds is 18. The number of carbonyl (C=O) groups excluding carboxylic acids is 4. The quantitative estimate of drug-likeness (QED) is 0.0428. The number of H-pyrrole nitrogens is 2. The smallest absolute Gasteiger partial charge is 0.550 e. The van der Waals surface area contributed by atoms with Gasteiger partial charge in [-0.15, -0.1) is 0 Å². The molecule has 0 bridgehead atoms. The summed E-state index contributed by atoms with van der Waals surface area (Å²) in [6.07, 6.45) is -1.52. The fraction of sp³-hybridized carbons (Fsp3) is 0.316. The number of aromatic nitrogens is 4. The summed E-state index contributed by atoms with van der Waals surface area (Å²) in [5, 5.41) is 62.5. The van der Waals surface area contributed by atoms with Gasteiger partial charge in [0.2, 0.25) is 11.9 Å². The van der Waals surface area contributed by atoms with Gasteiger partial charge >= 0.3 is 49.7 Å². The van der Waals surface area contributed by atoms with E-state index in [1.807, 2.05) is 0 Å². The molecular weight excluding hydrogens is 885 g/mol. The Balaban J connectivity index is 0.000000280. The molecule has 4 aromatic rings. The Morgan fingerprint density at radius 3 is 1.32 bits per heavy atom. The van der Waals surface area contributed by atoms with Crippen molar-refractivity contribution in [3.63, 3.8) is 0 Å². The third-order valence-electron chi connectivity index (χ3n) is 9.48. The zero-order valence-electron chi connectivity index (χ0n) is 34.3. The van der Waals surface area contributed by atoms with Crippen molar-refractivity contribution >= 4 is 120 Å². The number of anilines is 8. The van der Waals surface area contributed by atoms with E-state index in [1.165, 1.54) is 24.3 Å². The van der Waals surface area contributed by atoms with E-state index in [0.717, 1.165) is 0 Å². The summed E-state index contributed by atoms with van der Waals surface area (Å²) in [6, 6.07) is 9.69. The van der Waals surface area contributed by atoms with Crippen LogP contribution in [0.4, 0.5) is 46.3 Å². The fourth-order valence-electron chi connectivity index (χ4n) is 6.18. The maximum absolute atomic E-state index is 12.3. The molecule has 0 spiro atoms. The van der Waals surface area contributed by atoms with Crippen molar-refractivity contribution in [2.45, 2.75) is 49.9 Å². The van der Waals surface area contributed by atoms with E-state index in [2.05, 4.69) is 62.5 Å². The Kier molecular flexibility index (Phi) is 18.1. The average Bonchev–Trinajstić information content (AvgIpc) is 3.25. The molecule has 2 aliphatic rings. The van der Waals surface area contributed by atoms with Crippen molar-refractivity contribution < 1.29 is 49.2 Å². The third kappa shape index (κ3) is 14.9. The summed E-state index contributed by atoms with van der Waals surface area (Å²) >= 11 is 0. The van der Waals surface area contributed by atoms with E-state index in [4.69, 9.17) is 21.7 Å². The van der Waals surface area contributed by atoms with Gasteiger partial charge in [0.1, 0.15) is 23.5 Å². The van der Waals surface area contributed by atoms with Crippen molar-refractivity contribution in [3.8, 4) is 0 Å². The van der Waals surface area contributed by atoms with Gasteiger partial charge in [-0.2, -0.15) is 9.97 Å². The number of nitrogens with one attached hydrogen (secondary N) is 10. The molecule has 340 valence electrons. The van der Waals surface area contributed by atoms with Crippen LogP contribution in [-0.2, 0) is 19.2 Å². The molecule has 16 N–H and O–H groups in total. The monoisotopic (exact) mass is 928 g/mol. The van der Waals surface area contributed by atoms with Gasteiger partial charge in [0.25, 0.3) is 22.9 Å². The molecule has 6 rings (SSSR count). The van der Waals surface area contributed by atoms with Crippen molar-refractivity contribution in [2.75, 3.05) is 69.5 Å². The average molecular weight is 929 g/mol. The van der Waals surface area contributed by atoms with E-state index in [-0.39, 0.29) is 96.8 Å². The number of carbonyl (C=O) groups is 6. The summed E-state index contributed by atoms with van der Waals surface area (Å²) < 4.78 is 0. The van der Waals surface area contributed by atoms with E-state index in [9.17, 15) is 48.6 Å². The van der Waals surface area contributed by atoms with Crippen LogP contribution in [-0.4, -0.2) is 154 Å². The molecule has 0 aliphatic carbocycles. The maximum Gasteiger partial charge on any atom is 2.00 e. The fourth-order valence-corrected chi connectivity index (χ4v) is 6.18. The van der Waals surface area contributed by atoms with Crippen LogP contribution in [0.15, 0.2) is 58.1 Å². The normalized spacial score (nSPS) is 15.2. The molecule has 65 heavy (non-hydrogen) atoms. The molecule has 27 heteroatoms. The van der Waals surface area contributed by atoms with Crippen LogP contribution in [0, 0.1) is 0 Å². The Bertz CT molecular complexity index is 2320. The number of nitrogen functional groups attached to an aromatic ring is 2. The largest absolute Gasteiger partial charge is 2.00 e. The molecule has 2 aromatic carbocycles. The zero-order chi connectivity index (χ0) is 46.5. The van der Waals surface area contributed by atoms with E-state index in [1.54, 1.807) is 24.3 Å². The molecule has 0 radical (unpaired) electrons. The van der Waals surface area contributed by atoms with Gasteiger partial charge in [0.05, 0.1) is 12.1 Å². The minimum Gasteiger partial charge on any atom is -0.550 e. The third-order valence-corrected chi connectivity index (χ3v) is 9.48. The Morgan fingerprint density at radius 1 is 0.646 bits per heavy atom. The molecule has 0 saturated heterocycles. The predicted octanol–water partition coefficient (Wildman–Crippen LogP) is -3.61. The van der Waals surface area contributed by atoms with Crippen LogP contribution in [0.2, 0.25) is 0 Å². The first-order valence-corrected chi connectivity index (χ1v) is 19.4. The summed E-state index contributed by atoms with van der Waals surface area (Å²) in [4.78, 5) is 105. The number of fused-ring (bicyclic) bond motifs is 2. The van der Waals surface area contributed by atoms with Crippen molar-refractivity contribution in [1.82, 2.24) is 30.6 Å². The molecule has 4 unspecified atom stereocenters. The number of carboxylic acid groups (broad SMARTS) is 4. The number of benzene rings is 2. The first kappa shape index (κ1) is 50.3. The molecule has 4 atom stereocenters.